The Bertz CT molecular complexity index is 705. The Hall–Kier alpha value is -1.99. The second-order valence-corrected chi connectivity index (χ2v) is 6.53. The Labute approximate surface area is 142 Å². The quantitative estimate of drug-likeness (QED) is 0.832. The van der Waals surface area contributed by atoms with Crippen LogP contribution in [0.5, 0.6) is 0 Å². The molecule has 0 bridgehead atoms. The number of nitrogens with one attached hydrogen (secondary N) is 2. The number of para-hydroxylation sites is 1. The average Bonchev–Trinajstić information content (AvgIpc) is 2.92. The molecule has 8 heteroatoms. The second kappa shape index (κ2) is 8.03. The van der Waals surface area contributed by atoms with E-state index in [0.29, 0.717) is 22.3 Å². The van der Waals surface area contributed by atoms with E-state index in [1.165, 1.54) is 11.8 Å². The van der Waals surface area contributed by atoms with Gasteiger partial charge in [0, 0.05) is 6.07 Å². The van der Waals surface area contributed by atoms with Gasteiger partial charge in [0.15, 0.2) is 5.82 Å². The standard InChI is InChI=1S/C15H16ClN3O3S/c1-9-7-13(19-22-9)18-15(21)10(2)23-8-14(20)17-12-6-4-3-5-11(12)16/h3-7,10H,8H2,1-2H3,(H,17,20)(H,18,19,21). The summed E-state index contributed by atoms with van der Waals surface area (Å²) in [5.74, 6) is 0.645. The van der Waals surface area contributed by atoms with Crippen molar-refractivity contribution in [1.29, 1.82) is 0 Å². The molecule has 0 aliphatic rings. The lowest BCUT2D eigenvalue weighted by Gasteiger charge is -2.11. The van der Waals surface area contributed by atoms with Gasteiger partial charge in [0.25, 0.3) is 0 Å². The molecule has 0 aliphatic carbocycles. The number of rotatable bonds is 6. The Kier molecular flexibility index (Phi) is 6.06. The van der Waals surface area contributed by atoms with Crippen molar-refractivity contribution in [2.45, 2.75) is 19.1 Å². The van der Waals surface area contributed by atoms with Gasteiger partial charge >= 0.3 is 0 Å². The predicted octanol–water partition coefficient (Wildman–Crippen LogP) is 3.34. The second-order valence-electron chi connectivity index (χ2n) is 4.79. The zero-order valence-corrected chi connectivity index (χ0v) is 14.2. The SMILES string of the molecule is Cc1cc(NC(=O)C(C)SCC(=O)Nc2ccccc2Cl)no1. The lowest BCUT2D eigenvalue weighted by Crippen LogP contribution is -2.25. The van der Waals surface area contributed by atoms with E-state index in [2.05, 4.69) is 15.8 Å². The van der Waals surface area contributed by atoms with Crippen LogP contribution in [0.25, 0.3) is 0 Å². The van der Waals surface area contributed by atoms with Crippen molar-refractivity contribution in [3.8, 4) is 0 Å². The van der Waals surface area contributed by atoms with E-state index in [9.17, 15) is 9.59 Å². The van der Waals surface area contributed by atoms with Crippen LogP contribution in [0.1, 0.15) is 12.7 Å². The topological polar surface area (TPSA) is 84.2 Å². The number of carbonyl (C=O) groups excluding carboxylic acids is 2. The van der Waals surface area contributed by atoms with Crippen molar-refractivity contribution in [1.82, 2.24) is 5.16 Å². The summed E-state index contributed by atoms with van der Waals surface area (Å²) in [4.78, 5) is 23.9. The van der Waals surface area contributed by atoms with Gasteiger partial charge < -0.3 is 15.2 Å². The highest BCUT2D eigenvalue weighted by atomic mass is 35.5. The van der Waals surface area contributed by atoms with Gasteiger partial charge in [0.05, 0.1) is 21.7 Å². The minimum Gasteiger partial charge on any atom is -0.360 e. The zero-order chi connectivity index (χ0) is 16.8. The smallest absolute Gasteiger partial charge is 0.238 e. The van der Waals surface area contributed by atoms with Gasteiger partial charge in [0.1, 0.15) is 5.76 Å². The molecule has 1 aromatic carbocycles. The van der Waals surface area contributed by atoms with Gasteiger partial charge in [-0.1, -0.05) is 28.9 Å². The summed E-state index contributed by atoms with van der Waals surface area (Å²) in [5, 5.41) is 9.08. The van der Waals surface area contributed by atoms with E-state index in [1.807, 2.05) is 0 Å². The Balaban J connectivity index is 1.79. The molecule has 2 rings (SSSR count). The van der Waals surface area contributed by atoms with Gasteiger partial charge in [-0.3, -0.25) is 9.59 Å². The largest absolute Gasteiger partial charge is 0.360 e. The summed E-state index contributed by atoms with van der Waals surface area (Å²) in [6.07, 6.45) is 0. The number of amides is 2. The summed E-state index contributed by atoms with van der Waals surface area (Å²) < 4.78 is 4.87. The molecule has 2 aromatic rings. The molecule has 2 N–H and O–H groups in total. The minimum atomic E-state index is -0.413. The number of hydrogen-bond donors (Lipinski definition) is 2. The zero-order valence-electron chi connectivity index (χ0n) is 12.6. The third-order valence-corrected chi connectivity index (χ3v) is 4.33. The molecule has 0 saturated carbocycles. The van der Waals surface area contributed by atoms with Crippen molar-refractivity contribution >= 4 is 46.7 Å². The number of nitrogens with zero attached hydrogens (tertiary/aromatic N) is 1. The fourth-order valence-electron chi connectivity index (χ4n) is 1.68. The molecule has 1 aromatic heterocycles. The van der Waals surface area contributed by atoms with Crippen LogP contribution in [0.2, 0.25) is 5.02 Å². The van der Waals surface area contributed by atoms with Crippen molar-refractivity contribution in [2.75, 3.05) is 16.4 Å². The molecule has 0 saturated heterocycles. The molecule has 0 aliphatic heterocycles. The summed E-state index contributed by atoms with van der Waals surface area (Å²) in [6.45, 7) is 3.45. The van der Waals surface area contributed by atoms with E-state index in [0.717, 1.165) is 0 Å². The predicted molar refractivity (Wildman–Crippen MR) is 91.9 cm³/mol. The monoisotopic (exact) mass is 353 g/mol. The summed E-state index contributed by atoms with van der Waals surface area (Å²) in [6, 6.07) is 8.60. The fourth-order valence-corrected chi connectivity index (χ4v) is 2.55. The van der Waals surface area contributed by atoms with Crippen LogP contribution in [0.3, 0.4) is 0 Å². The molecular formula is C15H16ClN3O3S. The lowest BCUT2D eigenvalue weighted by atomic mass is 10.3. The maximum Gasteiger partial charge on any atom is 0.238 e. The molecule has 1 unspecified atom stereocenters. The van der Waals surface area contributed by atoms with Crippen molar-refractivity contribution < 1.29 is 14.1 Å². The number of carbonyl (C=O) groups is 2. The van der Waals surface area contributed by atoms with Gasteiger partial charge in [-0.2, -0.15) is 0 Å². The number of aromatic nitrogens is 1. The van der Waals surface area contributed by atoms with Crippen molar-refractivity contribution in [2.24, 2.45) is 0 Å². The van der Waals surface area contributed by atoms with Crippen LogP contribution >= 0.6 is 23.4 Å². The molecule has 0 spiro atoms. The lowest BCUT2D eigenvalue weighted by molar-refractivity contribution is -0.115. The van der Waals surface area contributed by atoms with E-state index in [4.69, 9.17) is 16.1 Å². The van der Waals surface area contributed by atoms with E-state index < -0.39 is 5.25 Å². The minimum absolute atomic E-state index is 0.137. The number of halogens is 1. The van der Waals surface area contributed by atoms with E-state index in [-0.39, 0.29) is 17.6 Å². The Morgan fingerprint density at radius 1 is 1.35 bits per heavy atom. The maximum absolute atomic E-state index is 12.0. The Morgan fingerprint density at radius 2 is 2.09 bits per heavy atom. The highest BCUT2D eigenvalue weighted by molar-refractivity contribution is 8.01. The summed E-state index contributed by atoms with van der Waals surface area (Å²) in [7, 11) is 0. The summed E-state index contributed by atoms with van der Waals surface area (Å²) >= 11 is 7.19. The highest BCUT2D eigenvalue weighted by Gasteiger charge is 2.17. The molecule has 2 amide bonds. The third-order valence-electron chi connectivity index (χ3n) is 2.86. The first-order chi connectivity index (χ1) is 11.0. The van der Waals surface area contributed by atoms with Crippen LogP contribution in [0.15, 0.2) is 34.9 Å². The molecule has 1 atom stereocenters. The maximum atomic E-state index is 12.0. The molecule has 0 fully saturated rings. The van der Waals surface area contributed by atoms with Gasteiger partial charge in [0.2, 0.25) is 11.8 Å². The third kappa shape index (κ3) is 5.30. The molecule has 23 heavy (non-hydrogen) atoms. The van der Waals surface area contributed by atoms with Crippen LogP contribution < -0.4 is 10.6 Å². The number of aryl methyl sites for hydroxylation is 1. The molecule has 0 radical (unpaired) electrons. The van der Waals surface area contributed by atoms with Gasteiger partial charge in [-0.15, -0.1) is 11.8 Å². The average molecular weight is 354 g/mol. The van der Waals surface area contributed by atoms with Crippen molar-refractivity contribution in [3.05, 3.63) is 41.1 Å². The van der Waals surface area contributed by atoms with Crippen molar-refractivity contribution in [3.63, 3.8) is 0 Å². The van der Waals surface area contributed by atoms with Crippen LogP contribution in [-0.4, -0.2) is 28.0 Å². The molecule has 6 nitrogen and oxygen atoms in total. The fraction of sp³-hybridized carbons (Fsp3) is 0.267. The first-order valence-corrected chi connectivity index (χ1v) is 8.28. The number of benzene rings is 1. The van der Waals surface area contributed by atoms with Crippen LogP contribution in [0, 0.1) is 6.92 Å². The number of hydrogen-bond acceptors (Lipinski definition) is 5. The molecule has 122 valence electrons. The van der Waals surface area contributed by atoms with Gasteiger partial charge in [-0.25, -0.2) is 0 Å². The van der Waals surface area contributed by atoms with E-state index >= 15 is 0 Å². The van der Waals surface area contributed by atoms with Crippen LogP contribution in [0.4, 0.5) is 11.5 Å². The van der Waals surface area contributed by atoms with E-state index in [1.54, 1.807) is 44.2 Å². The first-order valence-electron chi connectivity index (χ1n) is 6.86. The first kappa shape index (κ1) is 17.4. The number of anilines is 2. The molecular weight excluding hydrogens is 338 g/mol. The summed E-state index contributed by atoms with van der Waals surface area (Å²) in [5.41, 5.74) is 0.551. The normalized spacial score (nSPS) is 11.8. The Morgan fingerprint density at radius 3 is 2.74 bits per heavy atom. The molecule has 1 heterocycles. The number of thioether (sulfide) groups is 1. The van der Waals surface area contributed by atoms with Crippen LogP contribution in [-0.2, 0) is 9.59 Å². The van der Waals surface area contributed by atoms with Gasteiger partial charge in [-0.05, 0) is 26.0 Å². The highest BCUT2D eigenvalue weighted by Crippen LogP contribution is 2.21.